The van der Waals surface area contributed by atoms with Gasteiger partial charge in [-0.3, -0.25) is 0 Å². The molecule has 1 atom stereocenters. The Hall–Kier alpha value is -1.13. The van der Waals surface area contributed by atoms with Crippen LogP contribution in [0.15, 0.2) is 18.3 Å². The van der Waals surface area contributed by atoms with Crippen LogP contribution in [-0.2, 0) is 0 Å². The van der Waals surface area contributed by atoms with Crippen molar-refractivity contribution in [2.45, 2.75) is 25.8 Å². The summed E-state index contributed by atoms with van der Waals surface area (Å²) in [4.78, 5) is 9.27. The molecule has 0 amide bonds. The van der Waals surface area contributed by atoms with E-state index >= 15 is 0 Å². The van der Waals surface area contributed by atoms with Gasteiger partial charge in [0.15, 0.2) is 0 Å². The van der Waals surface area contributed by atoms with Crippen molar-refractivity contribution >= 4 is 5.82 Å². The molecule has 4 nitrogen and oxygen atoms in total. The van der Waals surface area contributed by atoms with Crippen LogP contribution in [0.4, 0.5) is 5.82 Å². The summed E-state index contributed by atoms with van der Waals surface area (Å²) in [5.41, 5.74) is 1.29. The molecule has 0 aliphatic carbocycles. The molecule has 1 aromatic heterocycles. The van der Waals surface area contributed by atoms with Gasteiger partial charge in [-0.15, -0.1) is 0 Å². The maximum absolute atomic E-state index is 4.48. The molecular formula is C15H26N4. The zero-order valence-corrected chi connectivity index (χ0v) is 12.4. The van der Waals surface area contributed by atoms with Crippen molar-refractivity contribution < 1.29 is 0 Å². The summed E-state index contributed by atoms with van der Waals surface area (Å²) in [5, 5.41) is 3.27. The van der Waals surface area contributed by atoms with Crippen molar-refractivity contribution in [1.82, 2.24) is 15.2 Å². The molecule has 1 unspecified atom stereocenters. The number of pyridine rings is 1. The van der Waals surface area contributed by atoms with E-state index in [4.69, 9.17) is 0 Å². The fourth-order valence-electron chi connectivity index (χ4n) is 2.49. The minimum atomic E-state index is 0.369. The first-order valence-electron chi connectivity index (χ1n) is 7.27. The largest absolute Gasteiger partial charge is 0.358 e. The lowest BCUT2D eigenvalue weighted by Gasteiger charge is -2.23. The monoisotopic (exact) mass is 262 g/mol. The summed E-state index contributed by atoms with van der Waals surface area (Å²) in [7, 11) is 4.12. The molecule has 1 aliphatic rings. The van der Waals surface area contributed by atoms with E-state index in [1.165, 1.54) is 31.5 Å². The minimum absolute atomic E-state index is 0.369. The third-order valence-corrected chi connectivity index (χ3v) is 4.04. The molecule has 0 radical (unpaired) electrons. The van der Waals surface area contributed by atoms with Gasteiger partial charge in [0.2, 0.25) is 0 Å². The van der Waals surface area contributed by atoms with E-state index in [0.717, 1.165) is 18.9 Å². The van der Waals surface area contributed by atoms with Gasteiger partial charge in [-0.25, -0.2) is 4.98 Å². The van der Waals surface area contributed by atoms with Gasteiger partial charge in [0.1, 0.15) is 5.82 Å². The van der Waals surface area contributed by atoms with Crippen LogP contribution < -0.4 is 10.2 Å². The molecule has 2 heterocycles. The predicted molar refractivity (Wildman–Crippen MR) is 80.7 cm³/mol. The van der Waals surface area contributed by atoms with Crippen LogP contribution in [0, 0.1) is 0 Å². The number of likely N-dealkylation sites (tertiary alicyclic amines) is 1. The minimum Gasteiger partial charge on any atom is -0.358 e. The second-order valence-electron chi connectivity index (χ2n) is 5.43. The van der Waals surface area contributed by atoms with Gasteiger partial charge in [-0.1, -0.05) is 0 Å². The third kappa shape index (κ3) is 3.91. The molecule has 106 valence electrons. The number of hydrogen-bond acceptors (Lipinski definition) is 4. The Balaban J connectivity index is 1.92. The second-order valence-corrected chi connectivity index (χ2v) is 5.43. The Bertz CT molecular complexity index is 387. The molecule has 19 heavy (non-hydrogen) atoms. The highest BCUT2D eigenvalue weighted by atomic mass is 15.2. The van der Waals surface area contributed by atoms with Gasteiger partial charge in [0, 0.05) is 32.4 Å². The van der Waals surface area contributed by atoms with E-state index in [1.54, 1.807) is 0 Å². The zero-order valence-electron chi connectivity index (χ0n) is 12.4. The van der Waals surface area contributed by atoms with Gasteiger partial charge >= 0.3 is 0 Å². The molecule has 0 bridgehead atoms. The summed E-state index contributed by atoms with van der Waals surface area (Å²) in [6, 6.07) is 4.64. The van der Waals surface area contributed by atoms with Gasteiger partial charge in [-0.05, 0) is 57.6 Å². The number of rotatable bonds is 6. The summed E-state index contributed by atoms with van der Waals surface area (Å²) >= 11 is 0. The van der Waals surface area contributed by atoms with Crippen molar-refractivity contribution in [2.24, 2.45) is 0 Å². The van der Waals surface area contributed by atoms with E-state index in [0.29, 0.717) is 6.04 Å². The number of nitrogens with zero attached hydrogens (tertiary/aromatic N) is 3. The number of nitrogens with one attached hydrogen (secondary N) is 1. The van der Waals surface area contributed by atoms with Crippen LogP contribution >= 0.6 is 0 Å². The molecular weight excluding hydrogens is 236 g/mol. The van der Waals surface area contributed by atoms with Crippen LogP contribution in [0.25, 0.3) is 0 Å². The topological polar surface area (TPSA) is 31.4 Å². The first-order chi connectivity index (χ1) is 9.20. The number of aromatic nitrogens is 1. The average Bonchev–Trinajstić information content (AvgIpc) is 2.97. The lowest BCUT2D eigenvalue weighted by Crippen LogP contribution is -2.31. The molecule has 0 saturated carbocycles. The smallest absolute Gasteiger partial charge is 0.128 e. The highest BCUT2D eigenvalue weighted by Gasteiger charge is 2.13. The number of hydrogen-bond donors (Lipinski definition) is 1. The lowest BCUT2D eigenvalue weighted by atomic mass is 10.1. The Kier molecular flexibility index (Phi) is 5.16. The molecule has 1 saturated heterocycles. The van der Waals surface area contributed by atoms with E-state index in [-0.39, 0.29) is 0 Å². The summed E-state index contributed by atoms with van der Waals surface area (Å²) in [6.07, 6.45) is 4.62. The average molecular weight is 262 g/mol. The van der Waals surface area contributed by atoms with Crippen LogP contribution in [0.5, 0.6) is 0 Å². The molecule has 1 aliphatic heterocycles. The third-order valence-electron chi connectivity index (χ3n) is 4.04. The van der Waals surface area contributed by atoms with Crippen LogP contribution in [0.1, 0.15) is 31.4 Å². The molecule has 1 fully saturated rings. The maximum Gasteiger partial charge on any atom is 0.128 e. The number of anilines is 1. The Labute approximate surface area is 116 Å². The van der Waals surface area contributed by atoms with Crippen molar-refractivity contribution in [2.75, 3.05) is 45.2 Å². The predicted octanol–water partition coefficient (Wildman–Crippen LogP) is 1.89. The van der Waals surface area contributed by atoms with Gasteiger partial charge in [-0.2, -0.15) is 0 Å². The Morgan fingerprint density at radius 3 is 2.84 bits per heavy atom. The standard InChI is InChI=1S/C15H26N4/c1-13(16-2)14-6-7-17-15(12-14)18(3)10-11-19-8-4-5-9-19/h6-7,12-13,16H,4-5,8-11H2,1-3H3. The normalized spacial score (nSPS) is 17.6. The fourth-order valence-corrected chi connectivity index (χ4v) is 2.49. The van der Waals surface area contributed by atoms with E-state index in [2.05, 4.69) is 46.2 Å². The van der Waals surface area contributed by atoms with Crippen molar-refractivity contribution in [3.05, 3.63) is 23.9 Å². The quantitative estimate of drug-likeness (QED) is 0.848. The van der Waals surface area contributed by atoms with Crippen LogP contribution in [0.2, 0.25) is 0 Å². The van der Waals surface area contributed by atoms with E-state index in [9.17, 15) is 0 Å². The lowest BCUT2D eigenvalue weighted by molar-refractivity contribution is 0.346. The SMILES string of the molecule is CNC(C)c1ccnc(N(C)CCN2CCCC2)c1. The number of likely N-dealkylation sites (N-methyl/N-ethyl adjacent to an activating group) is 1. The van der Waals surface area contributed by atoms with Crippen molar-refractivity contribution in [3.63, 3.8) is 0 Å². The summed E-state index contributed by atoms with van der Waals surface area (Å²) in [6.45, 7) is 6.88. The molecule has 4 heteroatoms. The molecule has 1 N–H and O–H groups in total. The molecule has 0 spiro atoms. The fraction of sp³-hybridized carbons (Fsp3) is 0.667. The van der Waals surface area contributed by atoms with Crippen molar-refractivity contribution in [3.8, 4) is 0 Å². The first kappa shape index (κ1) is 14.3. The van der Waals surface area contributed by atoms with E-state index in [1.807, 2.05) is 13.2 Å². The second kappa shape index (κ2) is 6.87. The highest BCUT2D eigenvalue weighted by molar-refractivity contribution is 5.40. The van der Waals surface area contributed by atoms with Gasteiger partial charge < -0.3 is 15.1 Å². The van der Waals surface area contributed by atoms with E-state index < -0.39 is 0 Å². The summed E-state index contributed by atoms with van der Waals surface area (Å²) in [5.74, 6) is 1.07. The Morgan fingerprint density at radius 1 is 1.42 bits per heavy atom. The highest BCUT2D eigenvalue weighted by Crippen LogP contribution is 2.17. The molecule has 2 rings (SSSR count). The van der Waals surface area contributed by atoms with Crippen molar-refractivity contribution in [1.29, 1.82) is 0 Å². The molecule has 0 aromatic carbocycles. The Morgan fingerprint density at radius 2 is 2.16 bits per heavy atom. The zero-order chi connectivity index (χ0) is 13.7. The van der Waals surface area contributed by atoms with Crippen LogP contribution in [0.3, 0.4) is 0 Å². The van der Waals surface area contributed by atoms with Gasteiger partial charge in [0.05, 0.1) is 0 Å². The first-order valence-corrected chi connectivity index (χ1v) is 7.27. The maximum atomic E-state index is 4.48. The molecule has 1 aromatic rings. The van der Waals surface area contributed by atoms with Gasteiger partial charge in [0.25, 0.3) is 0 Å². The summed E-state index contributed by atoms with van der Waals surface area (Å²) < 4.78 is 0. The van der Waals surface area contributed by atoms with Crippen LogP contribution in [-0.4, -0.2) is 50.2 Å².